The number of benzene rings is 3. The number of unbranched alkanes of at least 4 members (excludes halogenated alkanes) is 2. The molecule has 0 atom stereocenters. The molecule has 17 heteroatoms. The molecule has 3 aromatic carbocycles. The molecule has 5 aromatic rings. The predicted octanol–water partition coefficient (Wildman–Crippen LogP) is 7.93. The molecule has 0 saturated carbocycles. The van der Waals surface area contributed by atoms with Gasteiger partial charge in [-0.25, -0.2) is 17.9 Å². The van der Waals surface area contributed by atoms with Crippen LogP contribution >= 0.6 is 0 Å². The van der Waals surface area contributed by atoms with Gasteiger partial charge in [0.2, 0.25) is 0 Å². The van der Waals surface area contributed by atoms with Crippen LogP contribution in [0, 0.1) is 18.6 Å². The molecule has 2 heterocycles. The van der Waals surface area contributed by atoms with E-state index in [-0.39, 0.29) is 45.3 Å². The Morgan fingerprint density at radius 1 is 0.544 bits per heavy atom. The summed E-state index contributed by atoms with van der Waals surface area (Å²) in [6, 6.07) is 12.1. The van der Waals surface area contributed by atoms with Crippen molar-refractivity contribution in [1.82, 2.24) is 9.13 Å². The second-order valence-electron chi connectivity index (χ2n) is 16.8. The summed E-state index contributed by atoms with van der Waals surface area (Å²) in [6.07, 6.45) is 3.57. The van der Waals surface area contributed by atoms with Crippen molar-refractivity contribution in [2.24, 2.45) is 0 Å². The first-order valence-electron chi connectivity index (χ1n) is 19.3. The maximum absolute atomic E-state index is 15.3. The van der Waals surface area contributed by atoms with Crippen LogP contribution in [-0.4, -0.2) is 63.2 Å². The minimum atomic E-state index is -2.50. The number of aryl methyl sites for hydroxylation is 1. The number of fused-ring (bicyclic) bond motifs is 2. The van der Waals surface area contributed by atoms with Gasteiger partial charge < -0.3 is 21.8 Å². The van der Waals surface area contributed by atoms with Gasteiger partial charge in [-0.3, -0.25) is 19.2 Å². The lowest BCUT2D eigenvalue weighted by Gasteiger charge is -2.41. The van der Waals surface area contributed by atoms with Gasteiger partial charge in [0.25, 0.3) is 22.2 Å². The summed E-state index contributed by atoms with van der Waals surface area (Å²) in [6.45, 7) is 19.8. The molecular weight excluding hydrogens is 803 g/mol. The first-order chi connectivity index (χ1) is 26.6. The van der Waals surface area contributed by atoms with Gasteiger partial charge in [0.05, 0.1) is 39.5 Å². The van der Waals surface area contributed by atoms with Crippen LogP contribution in [0.25, 0.3) is 32.9 Å². The van der Waals surface area contributed by atoms with Crippen LogP contribution in [0.5, 0.6) is 5.75 Å². The van der Waals surface area contributed by atoms with Crippen LogP contribution in [0.1, 0.15) is 31.2 Å². The van der Waals surface area contributed by atoms with Crippen molar-refractivity contribution >= 4 is 55.3 Å². The van der Waals surface area contributed by atoms with E-state index in [1.807, 2.05) is 0 Å². The van der Waals surface area contributed by atoms with E-state index >= 15 is 4.39 Å². The van der Waals surface area contributed by atoms with Crippen molar-refractivity contribution in [3.8, 4) is 17.1 Å². The zero-order chi connectivity index (χ0) is 42.1. The highest BCUT2D eigenvalue weighted by Gasteiger charge is 2.43. The summed E-state index contributed by atoms with van der Waals surface area (Å²) < 4.78 is 62.3. The Balaban J connectivity index is 1.19. The molecule has 0 N–H and O–H groups in total. The average molecular weight is 857 g/mol. The highest BCUT2D eigenvalue weighted by molar-refractivity contribution is 6.89. The summed E-state index contributed by atoms with van der Waals surface area (Å²) in [4.78, 5) is 53.5. The molecule has 0 saturated heterocycles. The molecule has 11 nitrogen and oxygen atoms in total. The van der Waals surface area contributed by atoms with E-state index in [2.05, 4.69) is 52.4 Å². The fourth-order valence-corrected chi connectivity index (χ4v) is 27.1. The van der Waals surface area contributed by atoms with E-state index < -0.39 is 67.6 Å². The van der Waals surface area contributed by atoms with Gasteiger partial charge in [-0.2, -0.15) is 0 Å². The lowest BCUT2D eigenvalue weighted by atomic mass is 10.1. The van der Waals surface area contributed by atoms with Crippen LogP contribution in [0.2, 0.25) is 64.5 Å². The number of hydrogen-bond acceptors (Lipinski definition) is 9. The lowest BCUT2D eigenvalue weighted by Crippen LogP contribution is -2.56. The first-order valence-corrected chi connectivity index (χ1v) is 31.2. The Morgan fingerprint density at radius 3 is 1.39 bits per heavy atom. The predicted molar refractivity (Wildman–Crippen MR) is 231 cm³/mol. The number of hydrogen-bond donors (Lipinski definition) is 0. The smallest absolute Gasteiger partial charge is 0.312 e. The molecule has 0 aliphatic heterocycles. The van der Waals surface area contributed by atoms with Gasteiger partial charge in [-0.15, -0.1) is 0 Å². The number of halogens is 2. The largest absolute Gasteiger partial charge is 0.491 e. The second-order valence-corrected chi connectivity index (χ2v) is 32.9. The molecule has 308 valence electrons. The van der Waals surface area contributed by atoms with Crippen molar-refractivity contribution in [3.63, 3.8) is 0 Å². The van der Waals surface area contributed by atoms with Gasteiger partial charge in [-0.1, -0.05) is 18.9 Å². The Hall–Kier alpha value is -3.69. The van der Waals surface area contributed by atoms with Crippen LogP contribution in [-0.2, 0) is 17.1 Å². The average Bonchev–Trinajstić information content (AvgIpc) is 3.49. The molecule has 0 spiro atoms. The van der Waals surface area contributed by atoms with E-state index in [1.54, 1.807) is 14.0 Å². The van der Waals surface area contributed by atoms with Crippen molar-refractivity contribution < 1.29 is 30.6 Å². The Labute approximate surface area is 335 Å². The Bertz CT molecular complexity index is 2390. The lowest BCUT2D eigenvalue weighted by molar-refractivity contribution is 0.194. The molecule has 0 unspecified atom stereocenters. The minimum absolute atomic E-state index is 0.0229. The van der Waals surface area contributed by atoms with Crippen molar-refractivity contribution in [3.05, 3.63) is 107 Å². The molecule has 0 aliphatic rings. The van der Waals surface area contributed by atoms with E-state index in [9.17, 15) is 23.6 Å². The van der Waals surface area contributed by atoms with Gasteiger partial charge in [0.1, 0.15) is 5.82 Å². The molecule has 2 aromatic heterocycles. The summed E-state index contributed by atoms with van der Waals surface area (Å²) in [5.74, 6) is -1.37. The maximum Gasteiger partial charge on any atom is 0.312 e. The zero-order valence-electron chi connectivity index (χ0n) is 34.6. The molecule has 0 amide bonds. The van der Waals surface area contributed by atoms with E-state index in [0.717, 1.165) is 59.2 Å². The van der Waals surface area contributed by atoms with E-state index in [0.29, 0.717) is 12.0 Å². The highest BCUT2D eigenvalue weighted by Crippen LogP contribution is 2.29. The Kier molecular flexibility index (Phi) is 13.5. The topological polar surface area (TPSA) is 124 Å². The fourth-order valence-electron chi connectivity index (χ4n) is 7.61. The standard InChI is InChI=1S/C40H54F2N2O9Si4/c1-27-15-16-28(23-34(27)41)43-37(45)30-25-32-33(26-31(30)38(43)46)40(48)44(39(32)47)29-17-18-36(35(42)24-29)50-20-12-14-22-55(5,6)52-57(9,10)53-56(7,8)51-54(3,4)21-13-11-19-49-2/h15-18,23-26H,11-14,19-22H2,1-10H3. The minimum Gasteiger partial charge on any atom is -0.491 e. The number of nitrogens with zero attached hydrogens (tertiary/aromatic N) is 2. The molecular formula is C40H54F2N2O9Si4. The van der Waals surface area contributed by atoms with E-state index in [4.69, 9.17) is 21.8 Å². The van der Waals surface area contributed by atoms with Crippen LogP contribution in [0.3, 0.4) is 0 Å². The number of aromatic nitrogens is 2. The summed E-state index contributed by atoms with van der Waals surface area (Å²) >= 11 is 0. The van der Waals surface area contributed by atoms with Gasteiger partial charge in [0, 0.05) is 19.8 Å². The highest BCUT2D eigenvalue weighted by atomic mass is 28.5. The summed E-state index contributed by atoms with van der Waals surface area (Å²) in [5.41, 5.74) is -2.68. The summed E-state index contributed by atoms with van der Waals surface area (Å²) in [5, 5.41) is -0.369. The quantitative estimate of drug-likeness (QED) is 0.0602. The third-order valence-electron chi connectivity index (χ3n) is 9.82. The summed E-state index contributed by atoms with van der Waals surface area (Å²) in [7, 11) is -7.23. The molecule has 57 heavy (non-hydrogen) atoms. The van der Waals surface area contributed by atoms with E-state index in [1.165, 1.54) is 36.4 Å². The fraction of sp³-hybridized carbons (Fsp3) is 0.450. The van der Waals surface area contributed by atoms with Crippen LogP contribution in [0.15, 0.2) is 67.7 Å². The molecule has 0 radical (unpaired) electrons. The SMILES string of the molecule is COCCCC[Si](C)(C)O[Si](C)(C)O[Si](C)(C)O[Si](C)(C)CCCCOc1ccc(-n2c(=O)c3cc4c(=O)n(-c5ccc(C)c(F)c5)c(=O)c4cc3c2=O)cc1F. The monoisotopic (exact) mass is 856 g/mol. The molecule has 0 aliphatic carbocycles. The van der Waals surface area contributed by atoms with Crippen LogP contribution < -0.4 is 27.0 Å². The van der Waals surface area contributed by atoms with Crippen LogP contribution in [0.4, 0.5) is 8.78 Å². The van der Waals surface area contributed by atoms with Crippen molar-refractivity contribution in [2.75, 3.05) is 20.3 Å². The van der Waals surface area contributed by atoms with Gasteiger partial charge >= 0.3 is 17.1 Å². The van der Waals surface area contributed by atoms with Gasteiger partial charge in [0.15, 0.2) is 28.2 Å². The number of rotatable bonds is 19. The zero-order valence-corrected chi connectivity index (χ0v) is 38.6. The molecule has 5 rings (SSSR count). The van der Waals surface area contributed by atoms with Gasteiger partial charge in [-0.05, 0) is 126 Å². The third-order valence-corrected chi connectivity index (χ3v) is 25.2. The second kappa shape index (κ2) is 17.3. The molecule has 0 bridgehead atoms. The number of ether oxygens (including phenoxy) is 2. The Morgan fingerprint density at radius 2 is 0.965 bits per heavy atom. The first kappa shape index (κ1) is 44.4. The third kappa shape index (κ3) is 10.5. The normalized spacial score (nSPS) is 13.0. The van der Waals surface area contributed by atoms with Crippen molar-refractivity contribution in [2.45, 2.75) is 97.1 Å². The molecule has 0 fully saturated rings. The maximum atomic E-state index is 15.3. The van der Waals surface area contributed by atoms with Crippen molar-refractivity contribution in [1.29, 1.82) is 0 Å². The number of methoxy groups -OCH3 is 1.